The lowest BCUT2D eigenvalue weighted by molar-refractivity contribution is 0.122. The fourth-order valence-electron chi connectivity index (χ4n) is 3.58. The minimum Gasteiger partial charge on any atom is -0.396 e. The predicted octanol–water partition coefficient (Wildman–Crippen LogP) is 3.08. The van der Waals surface area contributed by atoms with Gasteiger partial charge >= 0.3 is 0 Å². The van der Waals surface area contributed by atoms with Crippen molar-refractivity contribution in [2.75, 3.05) is 44.9 Å². The maximum atomic E-state index is 9.52. The summed E-state index contributed by atoms with van der Waals surface area (Å²) in [4.78, 5) is 4.75. The summed E-state index contributed by atoms with van der Waals surface area (Å²) >= 11 is 0. The number of anilines is 1. The third kappa shape index (κ3) is 4.60. The number of aliphatic hydroxyl groups is 1. The van der Waals surface area contributed by atoms with Gasteiger partial charge in [-0.05, 0) is 30.7 Å². The number of hydrogen-bond acceptors (Lipinski definition) is 4. The van der Waals surface area contributed by atoms with Gasteiger partial charge in [0.05, 0.1) is 13.2 Å². The Morgan fingerprint density at radius 2 is 1.72 bits per heavy atom. The molecule has 1 aliphatic heterocycles. The first-order chi connectivity index (χ1) is 12.3. The van der Waals surface area contributed by atoms with Crippen molar-refractivity contribution < 1.29 is 9.84 Å². The fourth-order valence-corrected chi connectivity index (χ4v) is 3.58. The molecular weight excluding hydrogens is 312 g/mol. The largest absolute Gasteiger partial charge is 0.396 e. The van der Waals surface area contributed by atoms with E-state index >= 15 is 0 Å². The Balaban J connectivity index is 1.78. The van der Waals surface area contributed by atoms with Gasteiger partial charge in [-0.15, -0.1) is 0 Å². The highest BCUT2D eigenvalue weighted by atomic mass is 16.5. The lowest BCUT2D eigenvalue weighted by atomic mass is 10.0. The van der Waals surface area contributed by atoms with Crippen molar-refractivity contribution >= 4 is 5.69 Å². The molecule has 25 heavy (non-hydrogen) atoms. The van der Waals surface area contributed by atoms with Crippen molar-refractivity contribution in [2.24, 2.45) is 0 Å². The van der Waals surface area contributed by atoms with E-state index in [4.69, 9.17) is 4.74 Å². The van der Waals surface area contributed by atoms with Crippen molar-refractivity contribution in [3.63, 3.8) is 0 Å². The van der Waals surface area contributed by atoms with Gasteiger partial charge in [0.1, 0.15) is 0 Å². The van der Waals surface area contributed by atoms with Crippen LogP contribution in [0.2, 0.25) is 0 Å². The van der Waals surface area contributed by atoms with Crippen LogP contribution in [0.25, 0.3) is 0 Å². The van der Waals surface area contributed by atoms with Crippen molar-refractivity contribution in [1.82, 2.24) is 4.90 Å². The Kier molecular flexibility index (Phi) is 6.45. The number of ether oxygens (including phenoxy) is 1. The van der Waals surface area contributed by atoms with Gasteiger partial charge in [-0.1, -0.05) is 48.5 Å². The van der Waals surface area contributed by atoms with Gasteiger partial charge < -0.3 is 14.7 Å². The number of para-hydroxylation sites is 1. The van der Waals surface area contributed by atoms with E-state index in [2.05, 4.69) is 65.4 Å². The van der Waals surface area contributed by atoms with E-state index in [1.807, 2.05) is 6.07 Å². The third-order valence-corrected chi connectivity index (χ3v) is 4.88. The molecule has 3 rings (SSSR count). The van der Waals surface area contributed by atoms with Crippen molar-refractivity contribution in [1.29, 1.82) is 0 Å². The van der Waals surface area contributed by atoms with Gasteiger partial charge in [-0.3, -0.25) is 4.90 Å². The Bertz CT molecular complexity index is 641. The van der Waals surface area contributed by atoms with Crippen LogP contribution < -0.4 is 4.90 Å². The molecule has 0 bridgehead atoms. The van der Waals surface area contributed by atoms with Crippen LogP contribution in [0.5, 0.6) is 0 Å². The molecule has 1 heterocycles. The first-order valence-corrected chi connectivity index (χ1v) is 9.06. The number of benzene rings is 2. The number of nitrogens with zero attached hydrogens (tertiary/aromatic N) is 2. The van der Waals surface area contributed by atoms with E-state index in [-0.39, 0.29) is 12.6 Å². The standard InChI is InChI=1S/C21H28N2O2/c1-22(20(11-14-24)18-7-3-2-4-8-18)17-19-9-5-6-10-21(19)23-12-15-25-16-13-23/h2-10,20,24H,11-17H2,1H3. The zero-order chi connectivity index (χ0) is 17.5. The zero-order valence-electron chi connectivity index (χ0n) is 15.0. The van der Waals surface area contributed by atoms with Gasteiger partial charge in [0.25, 0.3) is 0 Å². The normalized spacial score (nSPS) is 16.2. The average Bonchev–Trinajstić information content (AvgIpc) is 2.68. The molecule has 0 amide bonds. The molecule has 1 aliphatic rings. The van der Waals surface area contributed by atoms with Crippen LogP contribution in [0.4, 0.5) is 5.69 Å². The summed E-state index contributed by atoms with van der Waals surface area (Å²) in [6.07, 6.45) is 0.736. The fraction of sp³-hybridized carbons (Fsp3) is 0.429. The van der Waals surface area contributed by atoms with Crippen LogP contribution in [-0.4, -0.2) is 50.0 Å². The summed E-state index contributed by atoms with van der Waals surface area (Å²) in [5, 5.41) is 9.52. The van der Waals surface area contributed by atoms with Crippen LogP contribution in [0, 0.1) is 0 Å². The molecule has 1 unspecified atom stereocenters. The second kappa shape index (κ2) is 8.99. The third-order valence-electron chi connectivity index (χ3n) is 4.88. The van der Waals surface area contributed by atoms with Crippen molar-refractivity contribution in [3.8, 4) is 0 Å². The molecule has 0 aromatic heterocycles. The monoisotopic (exact) mass is 340 g/mol. The summed E-state index contributed by atoms with van der Waals surface area (Å²) < 4.78 is 5.49. The van der Waals surface area contributed by atoms with Gasteiger partial charge in [0, 0.05) is 38.0 Å². The van der Waals surface area contributed by atoms with Crippen molar-refractivity contribution in [2.45, 2.75) is 19.0 Å². The van der Waals surface area contributed by atoms with Crippen LogP contribution >= 0.6 is 0 Å². The van der Waals surface area contributed by atoms with Gasteiger partial charge in [-0.25, -0.2) is 0 Å². The molecule has 0 spiro atoms. The summed E-state index contributed by atoms with van der Waals surface area (Å²) in [7, 11) is 2.14. The molecule has 4 heteroatoms. The first kappa shape index (κ1) is 17.9. The van der Waals surface area contributed by atoms with E-state index in [1.54, 1.807) is 0 Å². The topological polar surface area (TPSA) is 35.9 Å². The number of aliphatic hydroxyl groups excluding tert-OH is 1. The molecular formula is C21H28N2O2. The highest BCUT2D eigenvalue weighted by Crippen LogP contribution is 2.28. The second-order valence-corrected chi connectivity index (χ2v) is 6.58. The molecule has 2 aromatic carbocycles. The highest BCUT2D eigenvalue weighted by Gasteiger charge is 2.20. The molecule has 1 fully saturated rings. The van der Waals surface area contributed by atoms with Gasteiger partial charge in [-0.2, -0.15) is 0 Å². The number of morpholine rings is 1. The highest BCUT2D eigenvalue weighted by molar-refractivity contribution is 5.54. The summed E-state index contributed by atoms with van der Waals surface area (Å²) in [6, 6.07) is 19.3. The molecule has 1 saturated heterocycles. The first-order valence-electron chi connectivity index (χ1n) is 9.06. The summed E-state index contributed by atoms with van der Waals surface area (Å²) in [5.41, 5.74) is 3.88. The van der Waals surface area contributed by atoms with E-state index in [9.17, 15) is 5.11 Å². The molecule has 0 saturated carbocycles. The Labute approximate surface area is 150 Å². The molecule has 0 aliphatic carbocycles. The quantitative estimate of drug-likeness (QED) is 0.840. The average molecular weight is 340 g/mol. The van der Waals surface area contributed by atoms with E-state index in [0.717, 1.165) is 39.3 Å². The minimum atomic E-state index is 0.189. The predicted molar refractivity (Wildman–Crippen MR) is 102 cm³/mol. The van der Waals surface area contributed by atoms with Crippen LogP contribution in [0.1, 0.15) is 23.6 Å². The van der Waals surface area contributed by atoms with Gasteiger partial charge in [0.2, 0.25) is 0 Å². The SMILES string of the molecule is CN(Cc1ccccc1N1CCOCC1)C(CCO)c1ccccc1. The molecule has 134 valence electrons. The maximum Gasteiger partial charge on any atom is 0.0642 e. The Morgan fingerprint density at radius 3 is 2.44 bits per heavy atom. The molecule has 1 atom stereocenters. The molecule has 0 radical (unpaired) electrons. The van der Waals surface area contributed by atoms with Crippen LogP contribution in [0.3, 0.4) is 0 Å². The lowest BCUT2D eigenvalue weighted by Crippen LogP contribution is -2.37. The Morgan fingerprint density at radius 1 is 1.04 bits per heavy atom. The van der Waals surface area contributed by atoms with Gasteiger partial charge in [0.15, 0.2) is 0 Å². The van der Waals surface area contributed by atoms with Crippen molar-refractivity contribution in [3.05, 3.63) is 65.7 Å². The maximum absolute atomic E-state index is 9.52. The van der Waals surface area contributed by atoms with E-state index in [1.165, 1.54) is 16.8 Å². The molecule has 1 N–H and O–H groups in total. The minimum absolute atomic E-state index is 0.189. The zero-order valence-corrected chi connectivity index (χ0v) is 15.0. The number of rotatable bonds is 7. The lowest BCUT2D eigenvalue weighted by Gasteiger charge is -2.33. The van der Waals surface area contributed by atoms with E-state index < -0.39 is 0 Å². The smallest absolute Gasteiger partial charge is 0.0642 e. The Hall–Kier alpha value is -1.88. The van der Waals surface area contributed by atoms with Crippen LogP contribution in [0.15, 0.2) is 54.6 Å². The second-order valence-electron chi connectivity index (χ2n) is 6.58. The summed E-state index contributed by atoms with van der Waals surface area (Å²) in [5.74, 6) is 0. The van der Waals surface area contributed by atoms with E-state index in [0.29, 0.717) is 0 Å². The van der Waals surface area contributed by atoms with Crippen LogP contribution in [-0.2, 0) is 11.3 Å². The molecule has 2 aromatic rings. The molecule has 4 nitrogen and oxygen atoms in total. The summed E-state index contributed by atoms with van der Waals surface area (Å²) in [6.45, 7) is 4.52. The number of hydrogen-bond donors (Lipinski definition) is 1.